The average Bonchev–Trinajstić information content (AvgIpc) is 3.08. The SMILES string of the molecule is C=C(C)Cn1c(=O)c2c(nc3n2C[C@H](C)CN3c2ccc(CC)cc2)n(C)c1=O. The molecule has 7 nitrogen and oxygen atoms in total. The molecule has 7 heteroatoms. The van der Waals surface area contributed by atoms with Crippen molar-refractivity contribution in [3.05, 3.63) is 62.8 Å². The number of hydrogen-bond donors (Lipinski definition) is 0. The monoisotopic (exact) mass is 393 g/mol. The number of benzene rings is 1. The summed E-state index contributed by atoms with van der Waals surface area (Å²) in [4.78, 5) is 32.9. The summed E-state index contributed by atoms with van der Waals surface area (Å²) in [5, 5.41) is 0. The van der Waals surface area contributed by atoms with E-state index in [4.69, 9.17) is 4.98 Å². The van der Waals surface area contributed by atoms with Crippen LogP contribution < -0.4 is 16.1 Å². The van der Waals surface area contributed by atoms with Gasteiger partial charge in [-0.25, -0.2) is 4.79 Å². The van der Waals surface area contributed by atoms with Gasteiger partial charge in [0, 0.05) is 25.8 Å². The van der Waals surface area contributed by atoms with Gasteiger partial charge in [0.25, 0.3) is 5.56 Å². The van der Waals surface area contributed by atoms with Gasteiger partial charge in [0.05, 0.1) is 6.54 Å². The number of aromatic nitrogens is 4. The molecule has 0 saturated carbocycles. The number of rotatable bonds is 4. The van der Waals surface area contributed by atoms with Crippen molar-refractivity contribution >= 4 is 22.8 Å². The van der Waals surface area contributed by atoms with Gasteiger partial charge in [0.15, 0.2) is 11.2 Å². The predicted molar refractivity (Wildman–Crippen MR) is 116 cm³/mol. The van der Waals surface area contributed by atoms with Crippen LogP contribution in [0.4, 0.5) is 11.6 Å². The van der Waals surface area contributed by atoms with Crippen molar-refractivity contribution in [3.63, 3.8) is 0 Å². The molecule has 4 rings (SSSR count). The molecule has 0 unspecified atom stereocenters. The highest BCUT2D eigenvalue weighted by Gasteiger charge is 2.29. The third-order valence-corrected chi connectivity index (χ3v) is 5.53. The smallest absolute Gasteiger partial charge is 0.312 e. The van der Waals surface area contributed by atoms with Crippen molar-refractivity contribution in [2.75, 3.05) is 11.4 Å². The van der Waals surface area contributed by atoms with Gasteiger partial charge in [0.1, 0.15) is 0 Å². The molecule has 2 aromatic heterocycles. The van der Waals surface area contributed by atoms with Crippen LogP contribution in [-0.2, 0) is 26.6 Å². The fourth-order valence-corrected chi connectivity index (χ4v) is 4.04. The number of imidazole rings is 1. The minimum Gasteiger partial charge on any atom is -0.312 e. The lowest BCUT2D eigenvalue weighted by molar-refractivity contribution is 0.458. The van der Waals surface area contributed by atoms with Crippen LogP contribution >= 0.6 is 0 Å². The van der Waals surface area contributed by atoms with Crippen LogP contribution in [0.15, 0.2) is 46.0 Å². The summed E-state index contributed by atoms with van der Waals surface area (Å²) in [7, 11) is 1.67. The molecule has 1 aromatic carbocycles. The highest BCUT2D eigenvalue weighted by atomic mass is 16.2. The molecule has 3 aromatic rings. The summed E-state index contributed by atoms with van der Waals surface area (Å²) in [5.41, 5.74) is 3.30. The van der Waals surface area contributed by atoms with E-state index in [1.165, 1.54) is 14.7 Å². The maximum atomic E-state index is 13.2. The van der Waals surface area contributed by atoms with Crippen LogP contribution in [0.3, 0.4) is 0 Å². The molecule has 0 fully saturated rings. The van der Waals surface area contributed by atoms with Crippen molar-refractivity contribution in [2.45, 2.75) is 40.3 Å². The largest absolute Gasteiger partial charge is 0.332 e. The van der Waals surface area contributed by atoms with Gasteiger partial charge in [-0.15, -0.1) is 0 Å². The molecule has 0 spiro atoms. The van der Waals surface area contributed by atoms with Gasteiger partial charge in [-0.2, -0.15) is 4.98 Å². The number of hydrogen-bond acceptors (Lipinski definition) is 4. The number of nitrogens with zero attached hydrogens (tertiary/aromatic N) is 5. The summed E-state index contributed by atoms with van der Waals surface area (Å²) in [6, 6.07) is 8.44. The Balaban J connectivity index is 1.96. The van der Waals surface area contributed by atoms with E-state index in [9.17, 15) is 9.59 Å². The molecule has 1 atom stereocenters. The van der Waals surface area contributed by atoms with Crippen LogP contribution in [0, 0.1) is 5.92 Å². The molecule has 1 aliphatic rings. The minimum absolute atomic E-state index is 0.208. The Kier molecular flexibility index (Phi) is 4.68. The first-order chi connectivity index (χ1) is 13.8. The number of fused-ring (bicyclic) bond motifs is 3. The lowest BCUT2D eigenvalue weighted by atomic mass is 10.1. The Morgan fingerprint density at radius 2 is 1.90 bits per heavy atom. The van der Waals surface area contributed by atoms with E-state index in [1.54, 1.807) is 7.05 Å². The Bertz CT molecular complexity index is 1210. The molecular formula is C22H27N5O2. The minimum atomic E-state index is -0.368. The van der Waals surface area contributed by atoms with Crippen molar-refractivity contribution in [1.82, 2.24) is 18.7 Å². The molecule has 29 heavy (non-hydrogen) atoms. The molecule has 0 N–H and O–H groups in total. The van der Waals surface area contributed by atoms with Crippen molar-refractivity contribution in [3.8, 4) is 0 Å². The zero-order chi connectivity index (χ0) is 20.9. The summed E-state index contributed by atoms with van der Waals surface area (Å²) < 4.78 is 4.68. The van der Waals surface area contributed by atoms with Gasteiger partial charge in [-0.3, -0.25) is 13.9 Å². The van der Waals surface area contributed by atoms with E-state index in [2.05, 4.69) is 49.6 Å². The van der Waals surface area contributed by atoms with E-state index >= 15 is 0 Å². The van der Waals surface area contributed by atoms with E-state index in [1.807, 2.05) is 11.5 Å². The maximum absolute atomic E-state index is 13.2. The topological polar surface area (TPSA) is 65.1 Å². The van der Waals surface area contributed by atoms with Crippen LogP contribution in [0.25, 0.3) is 11.2 Å². The Morgan fingerprint density at radius 3 is 2.52 bits per heavy atom. The van der Waals surface area contributed by atoms with Gasteiger partial charge < -0.3 is 9.47 Å². The summed E-state index contributed by atoms with van der Waals surface area (Å²) in [5.74, 6) is 1.04. The summed E-state index contributed by atoms with van der Waals surface area (Å²) >= 11 is 0. The van der Waals surface area contributed by atoms with Crippen LogP contribution in [0.1, 0.15) is 26.3 Å². The lowest BCUT2D eigenvalue weighted by Crippen LogP contribution is -2.40. The van der Waals surface area contributed by atoms with Gasteiger partial charge in [-0.1, -0.05) is 38.1 Å². The summed E-state index contributed by atoms with van der Waals surface area (Å²) in [6.07, 6.45) is 0.986. The zero-order valence-corrected chi connectivity index (χ0v) is 17.5. The van der Waals surface area contributed by atoms with E-state index in [0.717, 1.165) is 24.2 Å². The van der Waals surface area contributed by atoms with E-state index in [-0.39, 0.29) is 17.8 Å². The van der Waals surface area contributed by atoms with Crippen LogP contribution in [0.2, 0.25) is 0 Å². The second kappa shape index (κ2) is 7.06. The number of allylic oxidation sites excluding steroid dienone is 1. The Labute approximate surface area is 169 Å². The highest BCUT2D eigenvalue weighted by Crippen LogP contribution is 2.32. The predicted octanol–water partition coefficient (Wildman–Crippen LogP) is 2.82. The van der Waals surface area contributed by atoms with Gasteiger partial charge in [-0.05, 0) is 37.0 Å². The van der Waals surface area contributed by atoms with Crippen LogP contribution in [0.5, 0.6) is 0 Å². The fraction of sp³-hybridized carbons (Fsp3) is 0.409. The van der Waals surface area contributed by atoms with Crippen molar-refractivity contribution < 1.29 is 0 Å². The third-order valence-electron chi connectivity index (χ3n) is 5.53. The quantitative estimate of drug-likeness (QED) is 0.640. The van der Waals surface area contributed by atoms with Gasteiger partial charge in [0.2, 0.25) is 5.95 Å². The van der Waals surface area contributed by atoms with E-state index in [0.29, 0.717) is 29.6 Å². The normalized spacial score (nSPS) is 16.3. The molecular weight excluding hydrogens is 366 g/mol. The first-order valence-electron chi connectivity index (χ1n) is 10.0. The van der Waals surface area contributed by atoms with Crippen LogP contribution in [-0.4, -0.2) is 25.2 Å². The number of aryl methyl sites for hydroxylation is 2. The molecule has 0 amide bonds. The molecule has 0 radical (unpaired) electrons. The lowest BCUT2D eigenvalue weighted by Gasteiger charge is -2.33. The first-order valence-corrected chi connectivity index (χ1v) is 10.0. The second-order valence-corrected chi connectivity index (χ2v) is 8.12. The van der Waals surface area contributed by atoms with E-state index < -0.39 is 0 Å². The maximum Gasteiger partial charge on any atom is 0.332 e. The molecule has 0 saturated heterocycles. The number of anilines is 2. The molecule has 0 aliphatic carbocycles. The standard InChI is InChI=1S/C22H27N5O2/c1-6-16-7-9-17(10-8-16)25-12-15(4)13-26-18-19(23-21(25)26)24(5)22(29)27(20(18)28)11-14(2)3/h7-10,15H,2,6,11-13H2,1,3-5H3/t15-/m1/s1. The third kappa shape index (κ3) is 3.10. The summed E-state index contributed by atoms with van der Waals surface area (Å²) in [6.45, 7) is 11.7. The Hall–Kier alpha value is -3.09. The molecule has 0 bridgehead atoms. The second-order valence-electron chi connectivity index (χ2n) is 8.12. The molecule has 152 valence electrons. The average molecular weight is 393 g/mol. The fourth-order valence-electron chi connectivity index (χ4n) is 4.04. The van der Waals surface area contributed by atoms with Gasteiger partial charge >= 0.3 is 5.69 Å². The molecule has 1 aliphatic heterocycles. The van der Waals surface area contributed by atoms with Crippen molar-refractivity contribution in [2.24, 2.45) is 13.0 Å². The Morgan fingerprint density at radius 1 is 1.21 bits per heavy atom. The van der Waals surface area contributed by atoms with Crippen molar-refractivity contribution in [1.29, 1.82) is 0 Å². The zero-order valence-electron chi connectivity index (χ0n) is 17.5. The molecule has 3 heterocycles. The first kappa shape index (κ1) is 19.2. The highest BCUT2D eigenvalue weighted by molar-refractivity contribution is 5.77.